The van der Waals surface area contributed by atoms with Crippen molar-refractivity contribution in [2.45, 2.75) is 35.8 Å². The summed E-state index contributed by atoms with van der Waals surface area (Å²) in [6.45, 7) is 1.57. The fourth-order valence-corrected chi connectivity index (χ4v) is 4.50. The molecule has 98 valence electrons. The van der Waals surface area contributed by atoms with E-state index in [1.165, 1.54) is 6.07 Å². The molecule has 6 heteroatoms. The van der Waals surface area contributed by atoms with Gasteiger partial charge < -0.3 is 5.11 Å². The Kier molecular flexibility index (Phi) is 3.51. The lowest BCUT2D eigenvalue weighted by atomic mass is 10.0. The van der Waals surface area contributed by atoms with Crippen molar-refractivity contribution in [1.82, 2.24) is 0 Å². The molecule has 1 N–H and O–H groups in total. The van der Waals surface area contributed by atoms with Crippen molar-refractivity contribution in [2.75, 3.05) is 0 Å². The molecule has 18 heavy (non-hydrogen) atoms. The monoisotopic (exact) mass is 332 g/mol. The average molecular weight is 333 g/mol. The predicted octanol–water partition coefficient (Wildman–Crippen LogP) is 2.57. The Balaban J connectivity index is 2.39. The quantitative estimate of drug-likeness (QED) is 0.919. The molecule has 1 aromatic rings. The number of carboxylic acids is 1. The second-order valence-corrected chi connectivity index (χ2v) is 7.55. The molecule has 0 amide bonds. The number of sulfone groups is 1. The minimum absolute atomic E-state index is 0.256. The zero-order valence-corrected chi connectivity index (χ0v) is 12.2. The van der Waals surface area contributed by atoms with E-state index in [0.29, 0.717) is 22.9 Å². The van der Waals surface area contributed by atoms with Crippen LogP contribution in [0.5, 0.6) is 0 Å². The summed E-state index contributed by atoms with van der Waals surface area (Å²) < 4.78 is 24.6. The van der Waals surface area contributed by atoms with Crippen molar-refractivity contribution in [3.8, 4) is 0 Å². The summed E-state index contributed by atoms with van der Waals surface area (Å²) in [5, 5.41) is 8.65. The maximum atomic E-state index is 12.1. The van der Waals surface area contributed by atoms with E-state index in [-0.39, 0.29) is 10.1 Å². The zero-order chi connectivity index (χ0) is 13.5. The van der Waals surface area contributed by atoms with Gasteiger partial charge in [-0.2, -0.15) is 0 Å². The molecule has 0 saturated heterocycles. The fourth-order valence-electron chi connectivity index (χ4n) is 1.72. The first-order chi connectivity index (χ1) is 8.34. The lowest BCUT2D eigenvalue weighted by Crippen LogP contribution is -2.10. The molecule has 1 fully saturated rings. The van der Waals surface area contributed by atoms with Crippen molar-refractivity contribution in [3.63, 3.8) is 0 Å². The summed E-state index contributed by atoms with van der Waals surface area (Å²) >= 11 is 3.22. The number of benzene rings is 1. The maximum Gasteiger partial charge on any atom is 0.310 e. The van der Waals surface area contributed by atoms with Gasteiger partial charge in [-0.15, -0.1) is 0 Å². The summed E-state index contributed by atoms with van der Waals surface area (Å²) in [7, 11) is -3.25. The van der Waals surface area contributed by atoms with Gasteiger partial charge in [-0.05, 0) is 53.4 Å². The fraction of sp³-hybridized carbons (Fsp3) is 0.417. The molecule has 0 bridgehead atoms. The summed E-state index contributed by atoms with van der Waals surface area (Å²) in [5.74, 6) is -1.58. The molecular formula is C12H13BrO4S. The van der Waals surface area contributed by atoms with E-state index in [1.807, 2.05) is 0 Å². The third-order valence-electron chi connectivity index (χ3n) is 3.10. The number of hydrogen-bond acceptors (Lipinski definition) is 3. The Morgan fingerprint density at radius 1 is 1.44 bits per heavy atom. The molecule has 0 aromatic heterocycles. The number of carboxylic acid groups (broad SMARTS) is 1. The van der Waals surface area contributed by atoms with Crippen LogP contribution in [0, 0.1) is 0 Å². The lowest BCUT2D eigenvalue weighted by Gasteiger charge is -2.10. The molecule has 1 aromatic carbocycles. The minimum atomic E-state index is -3.25. The largest absolute Gasteiger partial charge is 0.481 e. The van der Waals surface area contributed by atoms with E-state index in [0.717, 1.165) is 0 Å². The van der Waals surface area contributed by atoms with Crippen LogP contribution < -0.4 is 0 Å². The molecule has 1 saturated carbocycles. The number of halogens is 1. The van der Waals surface area contributed by atoms with Gasteiger partial charge >= 0.3 is 5.97 Å². The average Bonchev–Trinajstić information content (AvgIpc) is 3.11. The smallest absolute Gasteiger partial charge is 0.310 e. The molecule has 0 spiro atoms. The highest BCUT2D eigenvalue weighted by Gasteiger charge is 2.38. The number of hydrogen-bond donors (Lipinski definition) is 1. The Morgan fingerprint density at radius 3 is 2.50 bits per heavy atom. The van der Waals surface area contributed by atoms with Crippen LogP contribution in [0.2, 0.25) is 0 Å². The lowest BCUT2D eigenvalue weighted by molar-refractivity contribution is -0.138. The molecule has 1 aliphatic rings. The van der Waals surface area contributed by atoms with E-state index in [2.05, 4.69) is 15.9 Å². The van der Waals surface area contributed by atoms with Crippen molar-refractivity contribution in [3.05, 3.63) is 28.2 Å². The molecular weight excluding hydrogens is 320 g/mol. The van der Waals surface area contributed by atoms with Gasteiger partial charge in [0, 0.05) is 4.47 Å². The minimum Gasteiger partial charge on any atom is -0.481 e. The highest BCUT2D eigenvalue weighted by Crippen LogP contribution is 2.37. The number of aliphatic carboxylic acids is 1. The SMILES string of the molecule is CC(C(=O)O)c1ccc(S(=O)(=O)C2CC2)c(Br)c1. The summed E-state index contributed by atoms with van der Waals surface area (Å²) in [5.41, 5.74) is 0.587. The predicted molar refractivity (Wildman–Crippen MR) is 70.4 cm³/mol. The van der Waals surface area contributed by atoms with Crippen molar-refractivity contribution in [2.24, 2.45) is 0 Å². The van der Waals surface area contributed by atoms with Crippen LogP contribution >= 0.6 is 15.9 Å². The molecule has 2 rings (SSSR count). The van der Waals surface area contributed by atoms with Crippen LogP contribution in [-0.4, -0.2) is 24.7 Å². The highest BCUT2D eigenvalue weighted by atomic mass is 79.9. The first-order valence-electron chi connectivity index (χ1n) is 5.60. The molecule has 4 nitrogen and oxygen atoms in total. The van der Waals surface area contributed by atoms with Gasteiger partial charge in [0.05, 0.1) is 16.1 Å². The molecule has 1 aliphatic carbocycles. The molecule has 1 unspecified atom stereocenters. The van der Waals surface area contributed by atoms with Crippen LogP contribution in [0.15, 0.2) is 27.6 Å². The van der Waals surface area contributed by atoms with Gasteiger partial charge in [-0.25, -0.2) is 8.42 Å². The molecule has 0 radical (unpaired) electrons. The Bertz CT molecular complexity index is 590. The van der Waals surface area contributed by atoms with E-state index >= 15 is 0 Å². The first kappa shape index (κ1) is 13.5. The summed E-state index contributed by atoms with van der Waals surface area (Å²) in [6, 6.07) is 4.64. The van der Waals surface area contributed by atoms with Crippen LogP contribution in [-0.2, 0) is 14.6 Å². The second kappa shape index (κ2) is 4.66. The zero-order valence-electron chi connectivity index (χ0n) is 9.76. The van der Waals surface area contributed by atoms with Gasteiger partial charge in [0.1, 0.15) is 0 Å². The number of carbonyl (C=O) groups is 1. The van der Waals surface area contributed by atoms with Gasteiger partial charge in [-0.3, -0.25) is 4.79 Å². The van der Waals surface area contributed by atoms with Crippen LogP contribution in [0.25, 0.3) is 0 Å². The van der Waals surface area contributed by atoms with Gasteiger partial charge in [0.15, 0.2) is 9.84 Å². The molecule has 1 atom stereocenters. The third-order valence-corrected chi connectivity index (χ3v) is 6.33. The van der Waals surface area contributed by atoms with Gasteiger partial charge in [0.2, 0.25) is 0 Å². The van der Waals surface area contributed by atoms with E-state index < -0.39 is 21.7 Å². The topological polar surface area (TPSA) is 71.4 Å². The normalized spacial score (nSPS) is 17.4. The molecule has 0 aliphatic heterocycles. The third kappa shape index (κ3) is 2.44. The Labute approximate surface area is 114 Å². The van der Waals surface area contributed by atoms with Crippen molar-refractivity contribution < 1.29 is 18.3 Å². The van der Waals surface area contributed by atoms with Crippen LogP contribution in [0.1, 0.15) is 31.2 Å². The van der Waals surface area contributed by atoms with Crippen molar-refractivity contribution in [1.29, 1.82) is 0 Å². The van der Waals surface area contributed by atoms with Crippen LogP contribution in [0.4, 0.5) is 0 Å². The summed E-state index contributed by atoms with van der Waals surface area (Å²) in [4.78, 5) is 11.1. The summed E-state index contributed by atoms with van der Waals surface area (Å²) in [6.07, 6.45) is 1.42. The highest BCUT2D eigenvalue weighted by molar-refractivity contribution is 9.10. The maximum absolute atomic E-state index is 12.1. The molecule has 0 heterocycles. The van der Waals surface area contributed by atoms with E-state index in [9.17, 15) is 13.2 Å². The van der Waals surface area contributed by atoms with E-state index in [4.69, 9.17) is 5.11 Å². The van der Waals surface area contributed by atoms with Gasteiger partial charge in [0.25, 0.3) is 0 Å². The van der Waals surface area contributed by atoms with Gasteiger partial charge in [-0.1, -0.05) is 6.07 Å². The number of rotatable bonds is 4. The Morgan fingerprint density at radius 2 is 2.06 bits per heavy atom. The Hall–Kier alpha value is -0.880. The van der Waals surface area contributed by atoms with E-state index in [1.54, 1.807) is 19.1 Å². The van der Waals surface area contributed by atoms with Crippen LogP contribution in [0.3, 0.4) is 0 Å². The second-order valence-electron chi connectivity index (χ2n) is 4.49. The first-order valence-corrected chi connectivity index (χ1v) is 7.94. The van der Waals surface area contributed by atoms with Crippen molar-refractivity contribution >= 4 is 31.7 Å². The standard InChI is InChI=1S/C12H13BrO4S/c1-7(12(14)15)8-2-5-11(10(13)6-8)18(16,17)9-3-4-9/h2,5-7,9H,3-4H2,1H3,(H,14,15).